The molecule has 3 aliphatic rings. The summed E-state index contributed by atoms with van der Waals surface area (Å²) < 4.78 is 14.0. The van der Waals surface area contributed by atoms with Gasteiger partial charge in [0.2, 0.25) is 11.8 Å². The summed E-state index contributed by atoms with van der Waals surface area (Å²) in [5.41, 5.74) is 0.533. The number of benzene rings is 2. The van der Waals surface area contributed by atoms with Crippen molar-refractivity contribution in [3.8, 4) is 0 Å². The van der Waals surface area contributed by atoms with Gasteiger partial charge in [0.15, 0.2) is 0 Å². The van der Waals surface area contributed by atoms with Gasteiger partial charge in [-0.1, -0.05) is 24.3 Å². The molecule has 1 aliphatic heterocycles. The summed E-state index contributed by atoms with van der Waals surface area (Å²) in [6.07, 6.45) is 3.14. The maximum atomic E-state index is 14.0. The van der Waals surface area contributed by atoms with E-state index in [1.807, 2.05) is 0 Å². The molecule has 4 unspecified atom stereocenters. The zero-order valence-corrected chi connectivity index (χ0v) is 12.5. The van der Waals surface area contributed by atoms with Gasteiger partial charge in [0.25, 0.3) is 0 Å². The molecule has 2 saturated carbocycles. The standard InChI is InChI=1S/C19H16FNO2/c20-14-7-8-15(13-4-2-1-3-12(13)14)21-18(22)16-10-5-6-11(9-10)17(16)19(21)23/h1-4,7-8,10-11,16-17H,5-6,9H2. The summed E-state index contributed by atoms with van der Waals surface area (Å²) in [6, 6.07) is 9.94. The van der Waals surface area contributed by atoms with Crippen molar-refractivity contribution in [3.05, 3.63) is 42.2 Å². The zero-order chi connectivity index (χ0) is 15.7. The third-order valence-corrected chi connectivity index (χ3v) is 6.02. The second-order valence-electron chi connectivity index (χ2n) is 7.01. The normalized spacial score (nSPS) is 32.1. The summed E-state index contributed by atoms with van der Waals surface area (Å²) in [5, 5.41) is 1.08. The van der Waals surface area contributed by atoms with Gasteiger partial charge in [-0.05, 0) is 43.2 Å². The Bertz CT molecular complexity index is 834. The quantitative estimate of drug-likeness (QED) is 0.756. The lowest BCUT2D eigenvalue weighted by Crippen LogP contribution is -2.32. The topological polar surface area (TPSA) is 37.4 Å². The summed E-state index contributed by atoms with van der Waals surface area (Å²) in [5.74, 6) is -0.0666. The van der Waals surface area contributed by atoms with E-state index in [0.29, 0.717) is 28.3 Å². The van der Waals surface area contributed by atoms with Crippen molar-refractivity contribution in [2.45, 2.75) is 19.3 Å². The van der Waals surface area contributed by atoms with Gasteiger partial charge in [0.1, 0.15) is 5.82 Å². The smallest absolute Gasteiger partial charge is 0.237 e. The van der Waals surface area contributed by atoms with E-state index in [1.165, 1.54) is 11.0 Å². The Morgan fingerprint density at radius 3 is 2.13 bits per heavy atom. The Balaban J connectivity index is 1.67. The molecule has 4 atom stereocenters. The predicted octanol–water partition coefficient (Wildman–Crippen LogP) is 3.51. The van der Waals surface area contributed by atoms with E-state index >= 15 is 0 Å². The summed E-state index contributed by atoms with van der Waals surface area (Å²) in [4.78, 5) is 27.2. The minimum atomic E-state index is -0.330. The van der Waals surface area contributed by atoms with Crippen LogP contribution in [0.5, 0.6) is 0 Å². The summed E-state index contributed by atoms with van der Waals surface area (Å²) in [6.45, 7) is 0. The average Bonchev–Trinajstić information content (AvgIpc) is 3.24. The zero-order valence-electron chi connectivity index (χ0n) is 12.5. The summed E-state index contributed by atoms with van der Waals surface area (Å²) >= 11 is 0. The van der Waals surface area contributed by atoms with E-state index < -0.39 is 0 Å². The highest BCUT2D eigenvalue weighted by molar-refractivity contribution is 6.25. The molecule has 3 fully saturated rings. The first-order valence-corrected chi connectivity index (χ1v) is 8.22. The minimum Gasteiger partial charge on any atom is -0.274 e. The third-order valence-electron chi connectivity index (χ3n) is 6.02. The van der Waals surface area contributed by atoms with Crippen LogP contribution in [0.2, 0.25) is 0 Å². The van der Waals surface area contributed by atoms with E-state index in [0.717, 1.165) is 19.3 Å². The number of fused-ring (bicyclic) bond motifs is 6. The molecular formula is C19H16FNO2. The number of carbonyl (C=O) groups excluding carboxylic acids is 2. The van der Waals surface area contributed by atoms with Gasteiger partial charge in [-0.15, -0.1) is 0 Å². The molecule has 5 rings (SSSR count). The Morgan fingerprint density at radius 2 is 1.48 bits per heavy atom. The molecule has 2 aromatic carbocycles. The third kappa shape index (κ3) is 1.58. The van der Waals surface area contributed by atoms with Crippen LogP contribution in [0, 0.1) is 29.5 Å². The molecule has 4 heteroatoms. The van der Waals surface area contributed by atoms with E-state index in [-0.39, 0.29) is 29.5 Å². The number of carbonyl (C=O) groups is 2. The molecule has 0 spiro atoms. The highest BCUT2D eigenvalue weighted by Gasteiger charge is 2.61. The molecule has 0 radical (unpaired) electrons. The van der Waals surface area contributed by atoms with Gasteiger partial charge in [-0.3, -0.25) is 9.59 Å². The molecule has 116 valence electrons. The molecule has 0 aromatic heterocycles. The molecule has 23 heavy (non-hydrogen) atoms. The Labute approximate surface area is 133 Å². The van der Waals surface area contributed by atoms with Gasteiger partial charge < -0.3 is 0 Å². The minimum absolute atomic E-state index is 0.0797. The molecule has 2 aliphatic carbocycles. The Morgan fingerprint density at radius 1 is 0.870 bits per heavy atom. The lowest BCUT2D eigenvalue weighted by atomic mass is 9.81. The first kappa shape index (κ1) is 13.2. The van der Waals surface area contributed by atoms with E-state index in [2.05, 4.69) is 0 Å². The lowest BCUT2D eigenvalue weighted by Gasteiger charge is -2.19. The highest BCUT2D eigenvalue weighted by Crippen LogP contribution is 2.56. The Kier molecular flexibility index (Phi) is 2.53. The van der Waals surface area contributed by atoms with Crippen LogP contribution >= 0.6 is 0 Å². The molecule has 2 aromatic rings. The largest absolute Gasteiger partial charge is 0.274 e. The van der Waals surface area contributed by atoms with Crippen LogP contribution in [0.3, 0.4) is 0 Å². The van der Waals surface area contributed by atoms with Crippen LogP contribution in [0.1, 0.15) is 19.3 Å². The fourth-order valence-corrected chi connectivity index (χ4v) is 5.09. The first-order valence-electron chi connectivity index (χ1n) is 8.22. The summed E-state index contributed by atoms with van der Waals surface area (Å²) in [7, 11) is 0. The van der Waals surface area contributed by atoms with Crippen molar-refractivity contribution >= 4 is 28.3 Å². The lowest BCUT2D eigenvalue weighted by molar-refractivity contribution is -0.123. The molecule has 2 bridgehead atoms. The van der Waals surface area contributed by atoms with Crippen molar-refractivity contribution < 1.29 is 14.0 Å². The fraction of sp³-hybridized carbons (Fsp3) is 0.368. The first-order chi connectivity index (χ1) is 11.2. The van der Waals surface area contributed by atoms with Gasteiger partial charge in [-0.2, -0.15) is 0 Å². The maximum Gasteiger partial charge on any atom is 0.237 e. The van der Waals surface area contributed by atoms with Crippen molar-refractivity contribution in [1.82, 2.24) is 0 Å². The molecule has 1 heterocycles. The number of halogens is 1. The van der Waals surface area contributed by atoms with Crippen molar-refractivity contribution in [3.63, 3.8) is 0 Å². The van der Waals surface area contributed by atoms with E-state index in [4.69, 9.17) is 0 Å². The molecule has 1 saturated heterocycles. The molecular weight excluding hydrogens is 293 g/mol. The number of imide groups is 1. The van der Waals surface area contributed by atoms with Gasteiger partial charge in [0.05, 0.1) is 17.5 Å². The number of hydrogen-bond acceptors (Lipinski definition) is 2. The molecule has 0 N–H and O–H groups in total. The predicted molar refractivity (Wildman–Crippen MR) is 84.2 cm³/mol. The Hall–Kier alpha value is -2.23. The number of rotatable bonds is 1. The monoisotopic (exact) mass is 309 g/mol. The number of nitrogens with zero attached hydrogens (tertiary/aromatic N) is 1. The van der Waals surface area contributed by atoms with Crippen molar-refractivity contribution in [1.29, 1.82) is 0 Å². The highest BCUT2D eigenvalue weighted by atomic mass is 19.1. The van der Waals surface area contributed by atoms with Crippen LogP contribution in [0.25, 0.3) is 10.8 Å². The molecule has 2 amide bonds. The van der Waals surface area contributed by atoms with Crippen molar-refractivity contribution in [2.24, 2.45) is 23.7 Å². The van der Waals surface area contributed by atoms with E-state index in [1.54, 1.807) is 30.3 Å². The molecule has 3 nitrogen and oxygen atoms in total. The maximum absolute atomic E-state index is 14.0. The van der Waals surface area contributed by atoms with E-state index in [9.17, 15) is 14.0 Å². The SMILES string of the molecule is O=C1C2C3CCC(C3)C2C(=O)N1c1ccc(F)c2ccccc12. The fourth-order valence-electron chi connectivity index (χ4n) is 5.09. The van der Waals surface area contributed by atoms with Crippen LogP contribution in [-0.2, 0) is 9.59 Å². The van der Waals surface area contributed by atoms with Crippen LogP contribution in [-0.4, -0.2) is 11.8 Å². The van der Waals surface area contributed by atoms with Gasteiger partial charge in [-0.25, -0.2) is 9.29 Å². The van der Waals surface area contributed by atoms with Crippen LogP contribution < -0.4 is 4.90 Å². The van der Waals surface area contributed by atoms with Gasteiger partial charge >= 0.3 is 0 Å². The second-order valence-corrected chi connectivity index (χ2v) is 7.01. The van der Waals surface area contributed by atoms with Gasteiger partial charge in [0, 0.05) is 10.8 Å². The second kappa shape index (κ2) is 4.40. The van der Waals surface area contributed by atoms with Crippen LogP contribution in [0.15, 0.2) is 36.4 Å². The number of anilines is 1. The number of hydrogen-bond donors (Lipinski definition) is 0. The van der Waals surface area contributed by atoms with Crippen LogP contribution in [0.4, 0.5) is 10.1 Å². The van der Waals surface area contributed by atoms with Crippen molar-refractivity contribution in [2.75, 3.05) is 4.90 Å². The number of amides is 2. The average molecular weight is 309 g/mol.